The molecule has 0 bridgehead atoms. The minimum atomic E-state index is -0.810. The number of benzene rings is 1. The average molecular weight is 289 g/mol. The molecule has 2 atom stereocenters. The summed E-state index contributed by atoms with van der Waals surface area (Å²) in [5.41, 5.74) is 0.00380. The number of halogens is 1. The van der Waals surface area contributed by atoms with Crippen LogP contribution in [0.15, 0.2) is 36.9 Å². The smallest absolute Gasteiger partial charge is 0.137 e. The van der Waals surface area contributed by atoms with Gasteiger partial charge in [0.05, 0.1) is 12.1 Å². The van der Waals surface area contributed by atoms with Crippen molar-refractivity contribution in [2.75, 3.05) is 0 Å². The highest BCUT2D eigenvalue weighted by Gasteiger charge is 2.50. The quantitative estimate of drug-likeness (QED) is 0.941. The molecule has 0 radical (unpaired) electrons. The molecule has 1 aliphatic rings. The number of hydrogen-bond acceptors (Lipinski definition) is 3. The zero-order chi connectivity index (χ0) is 14.9. The molecule has 1 aromatic heterocycles. The SMILES string of the molecule is C[C@]1(Cc2ccc(F)cc2)CCC[C@@]1(O)Cn1cncn1. The normalized spacial score (nSPS) is 28.9. The standard InChI is InChI=1S/C16H20FN3O/c1-15(9-13-3-5-14(17)6-4-13)7-2-8-16(15,21)10-20-12-18-11-19-20/h3-6,11-12,21H,2,7-10H2,1H3/t15-,16-/m1/s1. The number of hydrogen-bond donors (Lipinski definition) is 1. The van der Waals surface area contributed by atoms with Gasteiger partial charge in [-0.3, -0.25) is 4.68 Å². The fraction of sp³-hybridized carbons (Fsp3) is 0.500. The molecule has 4 nitrogen and oxygen atoms in total. The van der Waals surface area contributed by atoms with E-state index < -0.39 is 5.60 Å². The summed E-state index contributed by atoms with van der Waals surface area (Å²) in [6.07, 6.45) is 6.55. The maximum absolute atomic E-state index is 13.0. The van der Waals surface area contributed by atoms with E-state index in [1.54, 1.807) is 23.1 Å². The number of rotatable bonds is 4. The Balaban J connectivity index is 1.82. The van der Waals surface area contributed by atoms with Crippen molar-refractivity contribution in [3.8, 4) is 0 Å². The molecule has 0 amide bonds. The van der Waals surface area contributed by atoms with Gasteiger partial charge < -0.3 is 5.11 Å². The Morgan fingerprint density at radius 2 is 2.05 bits per heavy atom. The molecule has 0 spiro atoms. The molecular weight excluding hydrogens is 269 g/mol. The molecule has 1 aliphatic carbocycles. The van der Waals surface area contributed by atoms with Gasteiger partial charge in [-0.15, -0.1) is 0 Å². The van der Waals surface area contributed by atoms with E-state index in [9.17, 15) is 9.50 Å². The Hall–Kier alpha value is -1.75. The molecule has 3 rings (SSSR count). The van der Waals surface area contributed by atoms with Crippen molar-refractivity contribution >= 4 is 0 Å². The summed E-state index contributed by atoms with van der Waals surface area (Å²) in [5, 5.41) is 15.2. The summed E-state index contributed by atoms with van der Waals surface area (Å²) >= 11 is 0. The topological polar surface area (TPSA) is 50.9 Å². The largest absolute Gasteiger partial charge is 0.387 e. The van der Waals surface area contributed by atoms with Crippen molar-refractivity contribution in [2.24, 2.45) is 5.41 Å². The molecule has 5 heteroatoms. The van der Waals surface area contributed by atoms with E-state index in [0.717, 1.165) is 31.2 Å². The highest BCUT2D eigenvalue weighted by atomic mass is 19.1. The molecule has 1 heterocycles. The average Bonchev–Trinajstić information content (AvgIpc) is 3.03. The molecule has 1 fully saturated rings. The third kappa shape index (κ3) is 2.70. The molecule has 0 unspecified atom stereocenters. The molecule has 1 aromatic carbocycles. The van der Waals surface area contributed by atoms with Gasteiger partial charge in [-0.1, -0.05) is 19.1 Å². The first-order valence-corrected chi connectivity index (χ1v) is 7.30. The zero-order valence-corrected chi connectivity index (χ0v) is 12.2. The summed E-state index contributed by atoms with van der Waals surface area (Å²) < 4.78 is 14.7. The second-order valence-corrected chi connectivity index (χ2v) is 6.34. The van der Waals surface area contributed by atoms with Crippen LogP contribution >= 0.6 is 0 Å². The first-order chi connectivity index (χ1) is 10.0. The van der Waals surface area contributed by atoms with E-state index >= 15 is 0 Å². The predicted molar refractivity (Wildman–Crippen MR) is 77.0 cm³/mol. The van der Waals surface area contributed by atoms with Gasteiger partial charge in [0.2, 0.25) is 0 Å². The first kappa shape index (κ1) is 14.2. The van der Waals surface area contributed by atoms with Gasteiger partial charge >= 0.3 is 0 Å². The summed E-state index contributed by atoms with van der Waals surface area (Å²) in [5.74, 6) is -0.229. The highest BCUT2D eigenvalue weighted by Crippen LogP contribution is 2.49. The molecule has 112 valence electrons. The van der Waals surface area contributed by atoms with Crippen LogP contribution in [0.3, 0.4) is 0 Å². The van der Waals surface area contributed by atoms with Crippen molar-refractivity contribution in [2.45, 2.75) is 44.8 Å². The van der Waals surface area contributed by atoms with Crippen LogP contribution in [0.5, 0.6) is 0 Å². The van der Waals surface area contributed by atoms with E-state index in [-0.39, 0.29) is 11.2 Å². The maximum atomic E-state index is 13.0. The van der Waals surface area contributed by atoms with Crippen molar-refractivity contribution in [1.29, 1.82) is 0 Å². The lowest BCUT2D eigenvalue weighted by Crippen LogP contribution is -2.46. The molecule has 0 saturated heterocycles. The van der Waals surface area contributed by atoms with Crippen LogP contribution in [0, 0.1) is 11.2 Å². The van der Waals surface area contributed by atoms with Crippen LogP contribution in [0.25, 0.3) is 0 Å². The monoisotopic (exact) mass is 289 g/mol. The van der Waals surface area contributed by atoms with Crippen molar-refractivity contribution < 1.29 is 9.50 Å². The summed E-state index contributed by atoms with van der Waals surface area (Å²) in [6.45, 7) is 2.56. The van der Waals surface area contributed by atoms with Gasteiger partial charge in [-0.05, 0) is 43.4 Å². The van der Waals surface area contributed by atoms with E-state index in [1.165, 1.54) is 18.5 Å². The van der Waals surface area contributed by atoms with Crippen LogP contribution < -0.4 is 0 Å². The Kier molecular flexibility index (Phi) is 3.53. The maximum Gasteiger partial charge on any atom is 0.137 e. The summed E-state index contributed by atoms with van der Waals surface area (Å²) in [6, 6.07) is 6.55. The molecule has 2 aromatic rings. The lowest BCUT2D eigenvalue weighted by molar-refractivity contribution is -0.0676. The summed E-state index contributed by atoms with van der Waals surface area (Å²) in [4.78, 5) is 3.94. The van der Waals surface area contributed by atoms with Gasteiger partial charge in [0.1, 0.15) is 18.5 Å². The van der Waals surface area contributed by atoms with Crippen LogP contribution in [-0.2, 0) is 13.0 Å². The predicted octanol–water partition coefficient (Wildman–Crippen LogP) is 2.58. The van der Waals surface area contributed by atoms with E-state index in [0.29, 0.717) is 6.54 Å². The lowest BCUT2D eigenvalue weighted by Gasteiger charge is -2.40. The summed E-state index contributed by atoms with van der Waals surface area (Å²) in [7, 11) is 0. The molecule has 1 saturated carbocycles. The van der Waals surface area contributed by atoms with Gasteiger partial charge in [0, 0.05) is 5.41 Å². The van der Waals surface area contributed by atoms with Gasteiger partial charge in [0.25, 0.3) is 0 Å². The molecule has 21 heavy (non-hydrogen) atoms. The Morgan fingerprint density at radius 3 is 2.71 bits per heavy atom. The first-order valence-electron chi connectivity index (χ1n) is 7.30. The van der Waals surface area contributed by atoms with Crippen LogP contribution in [-0.4, -0.2) is 25.5 Å². The number of nitrogens with zero attached hydrogens (tertiary/aromatic N) is 3. The second kappa shape index (κ2) is 5.22. The highest BCUT2D eigenvalue weighted by molar-refractivity contribution is 5.20. The zero-order valence-electron chi connectivity index (χ0n) is 12.2. The number of aromatic nitrogens is 3. The Bertz CT molecular complexity index is 598. The second-order valence-electron chi connectivity index (χ2n) is 6.34. The third-order valence-electron chi connectivity index (χ3n) is 4.84. The van der Waals surface area contributed by atoms with Gasteiger partial charge in [0.15, 0.2) is 0 Å². The molecule has 1 N–H and O–H groups in total. The van der Waals surface area contributed by atoms with Gasteiger partial charge in [-0.25, -0.2) is 9.37 Å². The fourth-order valence-corrected chi connectivity index (χ4v) is 3.46. The minimum Gasteiger partial charge on any atom is -0.387 e. The van der Waals surface area contributed by atoms with Crippen LogP contribution in [0.4, 0.5) is 4.39 Å². The third-order valence-corrected chi connectivity index (χ3v) is 4.84. The minimum absolute atomic E-state index is 0.229. The van der Waals surface area contributed by atoms with E-state index in [1.807, 2.05) is 0 Å². The Morgan fingerprint density at radius 1 is 1.29 bits per heavy atom. The molecular formula is C16H20FN3O. The molecule has 0 aliphatic heterocycles. The van der Waals surface area contributed by atoms with E-state index in [4.69, 9.17) is 0 Å². The van der Waals surface area contributed by atoms with Gasteiger partial charge in [-0.2, -0.15) is 5.10 Å². The Labute approximate surface area is 123 Å². The van der Waals surface area contributed by atoms with Crippen LogP contribution in [0.2, 0.25) is 0 Å². The van der Waals surface area contributed by atoms with Crippen molar-refractivity contribution in [3.63, 3.8) is 0 Å². The van der Waals surface area contributed by atoms with Crippen LogP contribution in [0.1, 0.15) is 31.7 Å². The number of aliphatic hydroxyl groups is 1. The fourth-order valence-electron chi connectivity index (χ4n) is 3.46. The van der Waals surface area contributed by atoms with Crippen molar-refractivity contribution in [3.05, 3.63) is 48.3 Å². The van der Waals surface area contributed by atoms with E-state index in [2.05, 4.69) is 17.0 Å². The lowest BCUT2D eigenvalue weighted by atomic mass is 9.71. The van der Waals surface area contributed by atoms with Crippen molar-refractivity contribution in [1.82, 2.24) is 14.8 Å².